The summed E-state index contributed by atoms with van der Waals surface area (Å²) in [7, 11) is 1.58. The molecule has 6 atom stereocenters. The molecular weight excluding hydrogens is 390 g/mol. The van der Waals surface area contributed by atoms with Crippen LogP contribution >= 0.6 is 0 Å². The van der Waals surface area contributed by atoms with E-state index < -0.39 is 0 Å². The zero-order valence-electron chi connectivity index (χ0n) is 19.0. The molecule has 0 amide bonds. The first-order valence-corrected chi connectivity index (χ1v) is 11.8. The highest BCUT2D eigenvalue weighted by atomic mass is 16.6. The van der Waals surface area contributed by atoms with E-state index in [4.69, 9.17) is 9.47 Å². The zero-order chi connectivity index (χ0) is 21.9. The molecule has 5 rings (SSSR count). The molecule has 4 aliphatic rings. The predicted octanol–water partition coefficient (Wildman–Crippen LogP) is 4.63. The van der Waals surface area contributed by atoms with E-state index in [9.17, 15) is 9.90 Å². The second-order valence-corrected chi connectivity index (χ2v) is 10.5. The average molecular weight is 426 g/mol. The predicted molar refractivity (Wildman–Crippen MR) is 119 cm³/mol. The molecule has 168 valence electrons. The highest BCUT2D eigenvalue weighted by Gasteiger charge is 2.55. The van der Waals surface area contributed by atoms with Crippen molar-refractivity contribution >= 4 is 5.97 Å². The van der Waals surface area contributed by atoms with E-state index in [0.717, 1.165) is 38.8 Å². The van der Waals surface area contributed by atoms with Crippen LogP contribution in [-0.2, 0) is 16.0 Å². The molecule has 1 aromatic carbocycles. The van der Waals surface area contributed by atoms with Crippen molar-refractivity contribution in [2.24, 2.45) is 23.2 Å². The number of rotatable bonds is 3. The average Bonchev–Trinajstić information content (AvgIpc) is 3.02. The lowest BCUT2D eigenvalue weighted by molar-refractivity contribution is -0.146. The fourth-order valence-electron chi connectivity index (χ4n) is 7.02. The second kappa shape index (κ2) is 7.54. The number of esters is 1. The number of benzene rings is 1. The second-order valence-electron chi connectivity index (χ2n) is 10.5. The van der Waals surface area contributed by atoms with Gasteiger partial charge in [-0.1, -0.05) is 19.1 Å². The van der Waals surface area contributed by atoms with E-state index >= 15 is 0 Å². The Labute approximate surface area is 185 Å². The van der Waals surface area contributed by atoms with E-state index in [2.05, 4.69) is 25.3 Å². The van der Waals surface area contributed by atoms with Gasteiger partial charge in [0.2, 0.25) is 0 Å². The van der Waals surface area contributed by atoms with Crippen molar-refractivity contribution < 1.29 is 19.4 Å². The largest absolute Gasteiger partial charge is 0.504 e. The smallest absolute Gasteiger partial charge is 0.310 e. The number of fused-ring (bicyclic) bond motifs is 3. The lowest BCUT2D eigenvalue weighted by Gasteiger charge is -2.50. The number of hydrogen-bond acceptors (Lipinski definition) is 5. The number of allylic oxidation sites excluding steroid dienone is 1. The van der Waals surface area contributed by atoms with E-state index in [-0.39, 0.29) is 35.2 Å². The number of hydrogen-bond donors (Lipinski definition) is 1. The molecule has 1 saturated heterocycles. The summed E-state index contributed by atoms with van der Waals surface area (Å²) in [5.74, 6) is 1.45. The SMILES string of the molecule is C=C1CCC[C@]2(C)C[C@H]3OC(=O)[C@H](CN4CCc5cc(O)c(OC)cc5[C@@H]4C)[C@H]3C[C@H]12. The molecule has 0 unspecified atom stereocenters. The third-order valence-corrected chi connectivity index (χ3v) is 8.86. The van der Waals surface area contributed by atoms with Crippen molar-refractivity contribution in [2.75, 3.05) is 20.2 Å². The van der Waals surface area contributed by atoms with Crippen LogP contribution in [0.5, 0.6) is 11.5 Å². The standard InChI is InChI=1S/C26H35NO4/c1-15-6-5-8-26(3)13-24-19(11-21(15)26)20(25(29)31-24)14-27-9-7-17-10-22(28)23(30-4)12-18(17)16(27)2/h10,12,16,19-21,24,28H,1,5-9,11,13-14H2,2-4H3/t16-,19+,20+,21+,24+,26+/m0/s1. The molecule has 5 heteroatoms. The molecule has 0 bridgehead atoms. The molecular formula is C26H35NO4. The van der Waals surface area contributed by atoms with Crippen LogP contribution in [0.4, 0.5) is 0 Å². The number of carbonyl (C=O) groups is 1. The van der Waals surface area contributed by atoms with E-state index in [0.29, 0.717) is 17.6 Å². The summed E-state index contributed by atoms with van der Waals surface area (Å²) in [6, 6.07) is 3.96. The lowest BCUT2D eigenvalue weighted by Crippen LogP contribution is -2.46. The molecule has 2 aliphatic carbocycles. The van der Waals surface area contributed by atoms with E-state index in [1.807, 2.05) is 12.1 Å². The Bertz CT molecular complexity index is 911. The van der Waals surface area contributed by atoms with Gasteiger partial charge in [-0.2, -0.15) is 0 Å². The molecule has 0 aromatic heterocycles. The first-order valence-electron chi connectivity index (χ1n) is 11.8. The van der Waals surface area contributed by atoms with Crippen molar-refractivity contribution in [1.82, 2.24) is 4.90 Å². The highest BCUT2D eigenvalue weighted by molar-refractivity contribution is 5.75. The number of carbonyl (C=O) groups excluding carboxylic acids is 1. The van der Waals surface area contributed by atoms with Crippen LogP contribution in [0.25, 0.3) is 0 Å². The summed E-state index contributed by atoms with van der Waals surface area (Å²) in [4.78, 5) is 15.4. The maximum atomic E-state index is 13.0. The van der Waals surface area contributed by atoms with Gasteiger partial charge in [0.15, 0.2) is 11.5 Å². The first kappa shape index (κ1) is 20.9. The Morgan fingerprint density at radius 2 is 2.16 bits per heavy atom. The van der Waals surface area contributed by atoms with E-state index in [1.54, 1.807) is 7.11 Å². The van der Waals surface area contributed by atoms with Crippen molar-refractivity contribution in [3.8, 4) is 11.5 Å². The molecule has 1 aromatic rings. The summed E-state index contributed by atoms with van der Waals surface area (Å²) in [6.07, 6.45) is 6.52. The van der Waals surface area contributed by atoms with E-state index in [1.165, 1.54) is 29.5 Å². The summed E-state index contributed by atoms with van der Waals surface area (Å²) in [6.45, 7) is 10.6. The van der Waals surface area contributed by atoms with Crippen molar-refractivity contribution in [3.05, 3.63) is 35.4 Å². The molecule has 2 heterocycles. The Balaban J connectivity index is 1.36. The van der Waals surface area contributed by atoms with Gasteiger partial charge in [-0.15, -0.1) is 0 Å². The molecule has 0 spiro atoms. The summed E-state index contributed by atoms with van der Waals surface area (Å²) < 4.78 is 11.3. The van der Waals surface area contributed by atoms with Crippen molar-refractivity contribution in [3.63, 3.8) is 0 Å². The minimum atomic E-state index is -0.0627. The van der Waals surface area contributed by atoms with Crippen LogP contribution in [0.3, 0.4) is 0 Å². The summed E-state index contributed by atoms with van der Waals surface area (Å²) in [5.41, 5.74) is 3.97. The van der Waals surface area contributed by atoms with Gasteiger partial charge in [-0.25, -0.2) is 0 Å². The van der Waals surface area contributed by atoms with Gasteiger partial charge in [0.05, 0.1) is 13.0 Å². The number of aromatic hydroxyl groups is 1. The van der Waals surface area contributed by atoms with Crippen LogP contribution in [0.15, 0.2) is 24.3 Å². The topological polar surface area (TPSA) is 59.0 Å². The number of methoxy groups -OCH3 is 1. The van der Waals surface area contributed by atoms with Gasteiger partial charge in [0, 0.05) is 25.0 Å². The number of nitrogens with zero attached hydrogens (tertiary/aromatic N) is 1. The van der Waals surface area contributed by atoms with Gasteiger partial charge in [-0.05, 0) is 80.0 Å². The normalized spacial score (nSPS) is 37.6. The fourth-order valence-corrected chi connectivity index (χ4v) is 7.02. The maximum Gasteiger partial charge on any atom is 0.310 e. The molecule has 2 aliphatic heterocycles. The Morgan fingerprint density at radius 1 is 1.35 bits per heavy atom. The summed E-state index contributed by atoms with van der Waals surface area (Å²) in [5, 5.41) is 10.1. The Morgan fingerprint density at radius 3 is 2.94 bits per heavy atom. The van der Waals surface area contributed by atoms with Crippen LogP contribution in [0.2, 0.25) is 0 Å². The lowest BCUT2D eigenvalue weighted by atomic mass is 9.55. The maximum absolute atomic E-state index is 13.0. The number of ether oxygens (including phenoxy) is 2. The molecule has 5 nitrogen and oxygen atoms in total. The molecule has 0 radical (unpaired) electrons. The molecule has 31 heavy (non-hydrogen) atoms. The van der Waals surface area contributed by atoms with Crippen LogP contribution in [0.1, 0.15) is 63.1 Å². The summed E-state index contributed by atoms with van der Waals surface area (Å²) >= 11 is 0. The van der Waals surface area contributed by atoms with Crippen molar-refractivity contribution in [2.45, 2.75) is 64.5 Å². The van der Waals surface area contributed by atoms with Gasteiger partial charge in [0.1, 0.15) is 6.10 Å². The molecule has 2 saturated carbocycles. The minimum Gasteiger partial charge on any atom is -0.504 e. The molecule has 1 N–H and O–H groups in total. The number of phenolic OH excluding ortho intramolecular Hbond substituents is 1. The third kappa shape index (κ3) is 3.36. The van der Waals surface area contributed by atoms with Gasteiger partial charge in [0.25, 0.3) is 0 Å². The fraction of sp³-hybridized carbons (Fsp3) is 0.654. The first-order chi connectivity index (χ1) is 14.8. The quantitative estimate of drug-likeness (QED) is 0.565. The Hall–Kier alpha value is -2.01. The monoisotopic (exact) mass is 425 g/mol. The zero-order valence-corrected chi connectivity index (χ0v) is 19.0. The van der Waals surface area contributed by atoms with Gasteiger partial charge < -0.3 is 14.6 Å². The van der Waals surface area contributed by atoms with Crippen LogP contribution < -0.4 is 4.74 Å². The third-order valence-electron chi connectivity index (χ3n) is 8.86. The van der Waals surface area contributed by atoms with Gasteiger partial charge >= 0.3 is 5.97 Å². The molecule has 3 fully saturated rings. The van der Waals surface area contributed by atoms with Gasteiger partial charge in [-0.3, -0.25) is 9.69 Å². The Kier molecular flexibility index (Phi) is 5.08. The minimum absolute atomic E-state index is 0.0101. The van der Waals surface area contributed by atoms with Crippen molar-refractivity contribution in [1.29, 1.82) is 0 Å². The number of phenols is 1. The highest BCUT2D eigenvalue weighted by Crippen LogP contribution is 2.57. The van der Waals surface area contributed by atoms with Crippen LogP contribution in [0, 0.1) is 23.2 Å². The van der Waals surface area contributed by atoms with Crippen LogP contribution in [-0.4, -0.2) is 42.3 Å².